The van der Waals surface area contributed by atoms with Crippen LogP contribution >= 0.6 is 0 Å². The van der Waals surface area contributed by atoms with Crippen LogP contribution in [0.5, 0.6) is 0 Å². The normalized spacial score (nSPS) is 10.2. The Morgan fingerprint density at radius 3 is 1.69 bits per heavy atom. The summed E-state index contributed by atoms with van der Waals surface area (Å²) in [5.74, 6) is 2.60. The van der Waals surface area contributed by atoms with Crippen LogP contribution in [0.15, 0.2) is 0 Å². The van der Waals surface area contributed by atoms with Crippen molar-refractivity contribution in [3.05, 3.63) is 0 Å². The van der Waals surface area contributed by atoms with Gasteiger partial charge >= 0.3 is 10.4 Å². The molecule has 0 aliphatic rings. The van der Waals surface area contributed by atoms with Crippen LogP contribution in [0, 0.1) is 12.3 Å². The lowest BCUT2D eigenvalue weighted by molar-refractivity contribution is 0.342. The molecule has 0 bridgehead atoms. The summed E-state index contributed by atoms with van der Waals surface area (Å²) in [5, 5.41) is 0. The Balaban J connectivity index is 0. The lowest BCUT2D eigenvalue weighted by atomic mass is 10.5. The van der Waals surface area contributed by atoms with Gasteiger partial charge in [-0.05, 0) is 13.1 Å². The number of rotatable bonds is 3. The van der Waals surface area contributed by atoms with Gasteiger partial charge in [0.25, 0.3) is 0 Å². The van der Waals surface area contributed by atoms with Crippen molar-refractivity contribution in [3.8, 4) is 12.3 Å². The zero-order chi connectivity index (χ0) is 10.9. The van der Waals surface area contributed by atoms with Crippen molar-refractivity contribution in [2.75, 3.05) is 19.6 Å². The van der Waals surface area contributed by atoms with E-state index in [0.717, 1.165) is 19.6 Å². The van der Waals surface area contributed by atoms with E-state index < -0.39 is 10.4 Å². The first-order valence-electron chi connectivity index (χ1n) is 3.70. The summed E-state index contributed by atoms with van der Waals surface area (Å²) in [6.07, 6.45) is 5.09. The van der Waals surface area contributed by atoms with Gasteiger partial charge in [0.2, 0.25) is 0 Å². The fraction of sp³-hybridized carbons (Fsp3) is 0.714. The van der Waals surface area contributed by atoms with Crippen molar-refractivity contribution in [1.29, 1.82) is 0 Å². The maximum Gasteiger partial charge on any atom is 0.394 e. The van der Waals surface area contributed by atoms with Crippen LogP contribution in [0.1, 0.15) is 13.8 Å². The molecule has 0 saturated heterocycles. The molecular formula is C7H15NO4S. The first-order valence-corrected chi connectivity index (χ1v) is 5.10. The molecule has 6 heteroatoms. The van der Waals surface area contributed by atoms with Crippen LogP contribution in [-0.4, -0.2) is 42.1 Å². The van der Waals surface area contributed by atoms with Gasteiger partial charge in [0.15, 0.2) is 0 Å². The lowest BCUT2D eigenvalue weighted by Gasteiger charge is -2.12. The van der Waals surface area contributed by atoms with Gasteiger partial charge in [0.1, 0.15) is 0 Å². The topological polar surface area (TPSA) is 77.8 Å². The molecule has 0 saturated carbocycles. The molecule has 0 unspecified atom stereocenters. The highest BCUT2D eigenvalue weighted by Gasteiger charge is 1.91. The molecule has 0 fully saturated rings. The first kappa shape index (κ1) is 14.9. The van der Waals surface area contributed by atoms with Gasteiger partial charge in [-0.3, -0.25) is 14.0 Å². The average Bonchev–Trinajstić information content (AvgIpc) is 1.97. The second-order valence-corrected chi connectivity index (χ2v) is 3.01. The molecule has 0 heterocycles. The molecule has 0 aromatic heterocycles. The monoisotopic (exact) mass is 209 g/mol. The molecule has 0 radical (unpaired) electrons. The second-order valence-electron chi connectivity index (χ2n) is 2.11. The minimum absolute atomic E-state index is 0.785. The largest absolute Gasteiger partial charge is 0.394 e. The Labute approximate surface area is 79.3 Å². The average molecular weight is 209 g/mol. The van der Waals surface area contributed by atoms with Gasteiger partial charge < -0.3 is 0 Å². The summed E-state index contributed by atoms with van der Waals surface area (Å²) in [7, 11) is -4.67. The van der Waals surface area contributed by atoms with Crippen molar-refractivity contribution in [3.63, 3.8) is 0 Å². The Morgan fingerprint density at radius 1 is 1.31 bits per heavy atom. The quantitative estimate of drug-likeness (QED) is 0.516. The highest BCUT2D eigenvalue weighted by molar-refractivity contribution is 7.79. The summed E-state index contributed by atoms with van der Waals surface area (Å²) >= 11 is 0. The van der Waals surface area contributed by atoms with Crippen LogP contribution in [0.25, 0.3) is 0 Å². The molecule has 0 aromatic carbocycles. The van der Waals surface area contributed by atoms with Gasteiger partial charge in [-0.15, -0.1) is 6.42 Å². The zero-order valence-electron chi connectivity index (χ0n) is 7.77. The number of hydrogen-bond donors (Lipinski definition) is 2. The third-order valence-electron chi connectivity index (χ3n) is 1.21. The molecule has 0 rings (SSSR count). The standard InChI is InChI=1S/C7H13N.H2O4S/c1-4-7-8(5-2)6-3;1-5(2,3)4/h1H,5-7H2,2-3H3;(H2,1,2,3,4). The van der Waals surface area contributed by atoms with Crippen molar-refractivity contribution < 1.29 is 17.5 Å². The van der Waals surface area contributed by atoms with Gasteiger partial charge in [0, 0.05) is 0 Å². The third-order valence-corrected chi connectivity index (χ3v) is 1.21. The summed E-state index contributed by atoms with van der Waals surface area (Å²) in [5.41, 5.74) is 0. The number of terminal acetylenes is 1. The van der Waals surface area contributed by atoms with Gasteiger partial charge in [-0.2, -0.15) is 8.42 Å². The summed E-state index contributed by atoms with van der Waals surface area (Å²) in [6, 6.07) is 0. The molecule has 0 atom stereocenters. The van der Waals surface area contributed by atoms with E-state index in [0.29, 0.717) is 0 Å². The number of nitrogens with zero attached hydrogens (tertiary/aromatic N) is 1. The van der Waals surface area contributed by atoms with E-state index in [1.165, 1.54) is 0 Å². The Bertz CT molecular complexity index is 230. The second kappa shape index (κ2) is 8.01. The van der Waals surface area contributed by atoms with Crippen molar-refractivity contribution in [1.82, 2.24) is 4.90 Å². The van der Waals surface area contributed by atoms with Gasteiger partial charge in [-0.25, -0.2) is 0 Å². The minimum atomic E-state index is -4.67. The maximum atomic E-state index is 8.74. The summed E-state index contributed by atoms with van der Waals surface area (Å²) < 4.78 is 31.6. The fourth-order valence-electron chi connectivity index (χ4n) is 0.576. The Hall–Kier alpha value is -0.610. The molecule has 0 aliphatic heterocycles. The van der Waals surface area contributed by atoms with Crippen molar-refractivity contribution >= 4 is 10.4 Å². The molecule has 78 valence electrons. The highest BCUT2D eigenvalue weighted by atomic mass is 32.3. The molecule has 0 spiro atoms. The van der Waals surface area contributed by atoms with Crippen LogP contribution in [0.3, 0.4) is 0 Å². The SMILES string of the molecule is C#CCN(CC)CC.O=S(=O)(O)O. The molecule has 2 N–H and O–H groups in total. The fourth-order valence-corrected chi connectivity index (χ4v) is 0.576. The van der Waals surface area contributed by atoms with Crippen LogP contribution < -0.4 is 0 Å². The van der Waals surface area contributed by atoms with E-state index in [4.69, 9.17) is 23.9 Å². The Kier molecular flexibility index (Phi) is 9.17. The van der Waals surface area contributed by atoms with Crippen molar-refractivity contribution in [2.45, 2.75) is 13.8 Å². The highest BCUT2D eigenvalue weighted by Crippen LogP contribution is 1.81. The van der Waals surface area contributed by atoms with Crippen LogP contribution in [-0.2, 0) is 10.4 Å². The van der Waals surface area contributed by atoms with Crippen LogP contribution in [0.4, 0.5) is 0 Å². The lowest BCUT2D eigenvalue weighted by Crippen LogP contribution is -2.22. The van der Waals surface area contributed by atoms with E-state index in [2.05, 4.69) is 24.7 Å². The van der Waals surface area contributed by atoms with E-state index in [1.807, 2.05) is 0 Å². The predicted molar refractivity (Wildman–Crippen MR) is 50.8 cm³/mol. The predicted octanol–water partition coefficient (Wildman–Crippen LogP) is 0.309. The number of hydrogen-bond acceptors (Lipinski definition) is 3. The van der Waals surface area contributed by atoms with Crippen molar-refractivity contribution in [2.24, 2.45) is 0 Å². The van der Waals surface area contributed by atoms with Gasteiger partial charge in [0.05, 0.1) is 6.54 Å². The molecule has 5 nitrogen and oxygen atoms in total. The third kappa shape index (κ3) is 24.6. The Morgan fingerprint density at radius 2 is 1.62 bits per heavy atom. The summed E-state index contributed by atoms with van der Waals surface area (Å²) in [6.45, 7) is 7.12. The molecular weight excluding hydrogens is 194 g/mol. The first-order chi connectivity index (χ1) is 5.85. The maximum absolute atomic E-state index is 8.74. The van der Waals surface area contributed by atoms with Crippen LogP contribution in [0.2, 0.25) is 0 Å². The van der Waals surface area contributed by atoms with E-state index in [1.54, 1.807) is 0 Å². The molecule has 13 heavy (non-hydrogen) atoms. The molecule has 0 amide bonds. The molecule has 0 aromatic rings. The molecule has 0 aliphatic carbocycles. The smallest absolute Gasteiger partial charge is 0.293 e. The zero-order valence-corrected chi connectivity index (χ0v) is 8.58. The minimum Gasteiger partial charge on any atom is -0.293 e. The van der Waals surface area contributed by atoms with E-state index in [9.17, 15) is 0 Å². The van der Waals surface area contributed by atoms with Gasteiger partial charge in [-0.1, -0.05) is 19.8 Å². The van der Waals surface area contributed by atoms with E-state index >= 15 is 0 Å². The van der Waals surface area contributed by atoms with E-state index in [-0.39, 0.29) is 0 Å². The summed E-state index contributed by atoms with van der Waals surface area (Å²) in [4.78, 5) is 2.19.